The number of rotatable bonds is 7. The Morgan fingerprint density at radius 3 is 2.53 bits per heavy atom. The third kappa shape index (κ3) is 4.65. The van der Waals surface area contributed by atoms with Crippen molar-refractivity contribution >= 4 is 39.1 Å². The molecular weight excluding hydrogens is 424 g/mol. The van der Waals surface area contributed by atoms with Gasteiger partial charge in [0.1, 0.15) is 0 Å². The van der Waals surface area contributed by atoms with Crippen molar-refractivity contribution in [3.8, 4) is 0 Å². The van der Waals surface area contributed by atoms with Crippen molar-refractivity contribution in [3.05, 3.63) is 72.3 Å². The number of likely N-dealkylation sites (tertiary alicyclic amines) is 1. The summed E-state index contributed by atoms with van der Waals surface area (Å²) in [7, 11) is 2.08. The van der Waals surface area contributed by atoms with Gasteiger partial charge in [0.15, 0.2) is 0 Å². The molecule has 3 aromatic carbocycles. The molecule has 0 spiro atoms. The third-order valence-electron chi connectivity index (χ3n) is 6.91. The number of aliphatic hydroxyl groups is 1. The van der Waals surface area contributed by atoms with Gasteiger partial charge in [-0.25, -0.2) is 0 Å². The fourth-order valence-electron chi connectivity index (χ4n) is 5.10. The number of anilines is 2. The molecule has 0 unspecified atom stereocenters. The van der Waals surface area contributed by atoms with Crippen molar-refractivity contribution in [1.29, 1.82) is 0 Å². The first-order valence-electron chi connectivity index (χ1n) is 12.1. The van der Waals surface area contributed by atoms with E-state index in [0.29, 0.717) is 19.0 Å². The lowest BCUT2D eigenvalue weighted by atomic mass is 10.0. The Kier molecular flexibility index (Phi) is 6.52. The van der Waals surface area contributed by atoms with Crippen molar-refractivity contribution in [2.24, 2.45) is 7.05 Å². The Balaban J connectivity index is 1.17. The summed E-state index contributed by atoms with van der Waals surface area (Å²) in [5.41, 5.74) is 5.45. The van der Waals surface area contributed by atoms with Gasteiger partial charge in [-0.1, -0.05) is 36.4 Å². The van der Waals surface area contributed by atoms with E-state index in [9.17, 15) is 9.90 Å². The molecule has 1 amide bonds. The summed E-state index contributed by atoms with van der Waals surface area (Å²) in [6.45, 7) is 2.33. The molecule has 0 saturated carbocycles. The molecule has 1 aromatic heterocycles. The first-order chi connectivity index (χ1) is 16.6. The summed E-state index contributed by atoms with van der Waals surface area (Å²) < 4.78 is 2.19. The molecule has 1 fully saturated rings. The van der Waals surface area contributed by atoms with Crippen LogP contribution >= 0.6 is 0 Å². The first kappa shape index (κ1) is 22.4. The van der Waals surface area contributed by atoms with Crippen LogP contribution in [0.5, 0.6) is 0 Å². The number of hydrogen-bond acceptors (Lipinski definition) is 4. The number of para-hydroxylation sites is 2. The van der Waals surface area contributed by atoms with Crippen LogP contribution in [0, 0.1) is 0 Å². The van der Waals surface area contributed by atoms with Gasteiger partial charge < -0.3 is 20.3 Å². The highest BCUT2D eigenvalue weighted by molar-refractivity contribution is 6.09. The Labute approximate surface area is 200 Å². The van der Waals surface area contributed by atoms with E-state index >= 15 is 0 Å². The summed E-state index contributed by atoms with van der Waals surface area (Å²) in [5.74, 6) is 0.0271. The summed E-state index contributed by atoms with van der Waals surface area (Å²) in [6.07, 6.45) is 2.64. The van der Waals surface area contributed by atoms with Gasteiger partial charge in [-0.15, -0.1) is 0 Å². The Morgan fingerprint density at radius 1 is 0.971 bits per heavy atom. The van der Waals surface area contributed by atoms with E-state index in [0.717, 1.165) is 53.8 Å². The second-order valence-corrected chi connectivity index (χ2v) is 9.18. The lowest BCUT2D eigenvalue weighted by molar-refractivity contribution is -0.117. The molecule has 176 valence electrons. The fourth-order valence-corrected chi connectivity index (χ4v) is 5.10. The second kappa shape index (κ2) is 9.87. The van der Waals surface area contributed by atoms with Crippen molar-refractivity contribution in [3.63, 3.8) is 0 Å². The summed E-state index contributed by atoms with van der Waals surface area (Å²) >= 11 is 0. The van der Waals surface area contributed by atoms with Crippen LogP contribution in [0.15, 0.2) is 66.7 Å². The normalized spacial score (nSPS) is 15.1. The van der Waals surface area contributed by atoms with Crippen LogP contribution in [0.4, 0.5) is 11.4 Å². The Bertz CT molecular complexity index is 1300. The number of nitrogens with zero attached hydrogens (tertiary/aromatic N) is 2. The van der Waals surface area contributed by atoms with E-state index in [1.54, 1.807) is 0 Å². The number of amides is 1. The smallest absolute Gasteiger partial charge is 0.238 e. The van der Waals surface area contributed by atoms with Gasteiger partial charge in [0, 0.05) is 66.0 Å². The fraction of sp³-hybridized carbons (Fsp3) is 0.321. The Morgan fingerprint density at radius 2 is 1.71 bits per heavy atom. The zero-order valence-corrected chi connectivity index (χ0v) is 19.6. The maximum absolute atomic E-state index is 12.8. The third-order valence-corrected chi connectivity index (χ3v) is 6.91. The number of fused-ring (bicyclic) bond motifs is 3. The van der Waals surface area contributed by atoms with E-state index < -0.39 is 0 Å². The van der Waals surface area contributed by atoms with E-state index in [1.807, 2.05) is 18.2 Å². The van der Waals surface area contributed by atoms with Crippen LogP contribution in [-0.2, 0) is 18.3 Å². The van der Waals surface area contributed by atoms with Crippen LogP contribution in [0.1, 0.15) is 18.4 Å². The van der Waals surface area contributed by atoms with E-state index in [-0.39, 0.29) is 12.5 Å². The zero-order valence-electron chi connectivity index (χ0n) is 19.6. The zero-order chi connectivity index (χ0) is 23.5. The summed E-state index contributed by atoms with van der Waals surface area (Å²) in [5, 5.41) is 18.4. The van der Waals surface area contributed by atoms with Crippen molar-refractivity contribution < 1.29 is 9.90 Å². The van der Waals surface area contributed by atoms with Gasteiger partial charge >= 0.3 is 0 Å². The monoisotopic (exact) mass is 456 g/mol. The van der Waals surface area contributed by atoms with Crippen LogP contribution in [0.2, 0.25) is 0 Å². The number of piperidine rings is 1. The molecule has 1 aliphatic heterocycles. The minimum Gasteiger partial charge on any atom is -0.396 e. The minimum absolute atomic E-state index is 0.0271. The molecule has 2 heterocycles. The lowest BCUT2D eigenvalue weighted by Gasteiger charge is -2.32. The molecule has 6 heteroatoms. The number of nitrogens with one attached hydrogen (secondary N) is 2. The maximum atomic E-state index is 12.8. The van der Waals surface area contributed by atoms with Gasteiger partial charge in [-0.2, -0.15) is 0 Å². The number of aliphatic hydroxyl groups excluding tert-OH is 1. The van der Waals surface area contributed by atoms with Crippen molar-refractivity contribution in [1.82, 2.24) is 9.47 Å². The number of aromatic nitrogens is 1. The molecule has 3 N–H and O–H groups in total. The molecule has 0 aliphatic carbocycles. The van der Waals surface area contributed by atoms with Crippen molar-refractivity contribution in [2.45, 2.75) is 25.3 Å². The molecule has 1 aliphatic rings. The van der Waals surface area contributed by atoms with Crippen LogP contribution < -0.4 is 10.6 Å². The SMILES string of the molecule is Cn1c2ccccc2c2cc(NC(=O)CN3CCC(Nc4ccccc4CCO)CC3)ccc21. The Hall–Kier alpha value is -3.35. The van der Waals surface area contributed by atoms with Gasteiger partial charge in [-0.3, -0.25) is 9.69 Å². The molecule has 6 nitrogen and oxygen atoms in total. The van der Waals surface area contributed by atoms with E-state index in [4.69, 9.17) is 0 Å². The molecule has 5 rings (SSSR count). The van der Waals surface area contributed by atoms with E-state index in [2.05, 4.69) is 75.7 Å². The molecule has 0 bridgehead atoms. The van der Waals surface area contributed by atoms with Crippen LogP contribution in [-0.4, -0.2) is 52.8 Å². The number of aryl methyl sites for hydroxylation is 1. The number of carbonyl (C=O) groups is 1. The standard InChI is InChI=1S/C28H32N4O2/c1-31-26-9-5-3-7-23(26)24-18-22(10-11-27(24)31)30-28(34)19-32-15-12-21(13-16-32)29-25-8-4-2-6-20(25)14-17-33/h2-11,18,21,29,33H,12-17,19H2,1H3,(H,30,34). The highest BCUT2D eigenvalue weighted by Gasteiger charge is 2.21. The maximum Gasteiger partial charge on any atom is 0.238 e. The molecule has 0 radical (unpaired) electrons. The molecular formula is C28H32N4O2. The molecule has 1 saturated heterocycles. The average Bonchev–Trinajstić information content (AvgIpc) is 3.13. The van der Waals surface area contributed by atoms with Gasteiger partial charge in [0.2, 0.25) is 5.91 Å². The van der Waals surface area contributed by atoms with E-state index in [1.165, 1.54) is 10.9 Å². The van der Waals surface area contributed by atoms with Crippen molar-refractivity contribution in [2.75, 3.05) is 36.9 Å². The molecule has 0 atom stereocenters. The minimum atomic E-state index is 0.0271. The summed E-state index contributed by atoms with van der Waals surface area (Å²) in [6, 6.07) is 23.1. The quantitative estimate of drug-likeness (QED) is 0.386. The lowest BCUT2D eigenvalue weighted by Crippen LogP contribution is -2.42. The highest BCUT2D eigenvalue weighted by Crippen LogP contribution is 2.30. The predicted molar refractivity (Wildman–Crippen MR) is 139 cm³/mol. The predicted octanol–water partition coefficient (Wildman–Crippen LogP) is 4.38. The summed E-state index contributed by atoms with van der Waals surface area (Å²) in [4.78, 5) is 15.0. The molecule has 4 aromatic rings. The first-order valence-corrected chi connectivity index (χ1v) is 12.1. The number of carbonyl (C=O) groups excluding carboxylic acids is 1. The number of benzene rings is 3. The topological polar surface area (TPSA) is 69.5 Å². The van der Waals surface area contributed by atoms with Crippen LogP contribution in [0.25, 0.3) is 21.8 Å². The van der Waals surface area contributed by atoms with Gasteiger partial charge in [0.05, 0.1) is 6.54 Å². The van der Waals surface area contributed by atoms with Gasteiger partial charge in [0.25, 0.3) is 0 Å². The van der Waals surface area contributed by atoms with Crippen LogP contribution in [0.3, 0.4) is 0 Å². The van der Waals surface area contributed by atoms with Gasteiger partial charge in [-0.05, 0) is 55.2 Å². The second-order valence-electron chi connectivity index (χ2n) is 9.18. The highest BCUT2D eigenvalue weighted by atomic mass is 16.3. The molecule has 34 heavy (non-hydrogen) atoms. The largest absolute Gasteiger partial charge is 0.396 e. The number of hydrogen-bond donors (Lipinski definition) is 3. The average molecular weight is 457 g/mol.